The van der Waals surface area contributed by atoms with Crippen molar-refractivity contribution in [1.29, 1.82) is 0 Å². The first-order chi connectivity index (χ1) is 13.1. The predicted octanol–water partition coefficient (Wildman–Crippen LogP) is 0.384. The molecule has 1 aliphatic heterocycles. The number of hydrogen-bond acceptors (Lipinski definition) is 6. The molecule has 0 bridgehead atoms. The summed E-state index contributed by atoms with van der Waals surface area (Å²) in [5, 5.41) is 3.01. The minimum atomic E-state index is -0.458. The lowest BCUT2D eigenvalue weighted by Gasteiger charge is -2.11. The summed E-state index contributed by atoms with van der Waals surface area (Å²) in [5.41, 5.74) is 5.80. The van der Waals surface area contributed by atoms with Crippen LogP contribution in [0.4, 0.5) is 11.5 Å². The average Bonchev–Trinajstić information content (AvgIpc) is 3.18. The van der Waals surface area contributed by atoms with Gasteiger partial charge >= 0.3 is 0 Å². The molecular formula is C18H24N5O3S+. The van der Waals surface area contributed by atoms with Crippen LogP contribution in [0.1, 0.15) is 23.2 Å². The normalized spacial score (nSPS) is 14.3. The first-order valence-corrected chi connectivity index (χ1v) is 9.87. The summed E-state index contributed by atoms with van der Waals surface area (Å²) in [6.45, 7) is 3.45. The molecule has 5 N–H and O–H groups in total. The Bertz CT molecular complexity index is 847. The highest BCUT2D eigenvalue weighted by Crippen LogP contribution is 2.17. The van der Waals surface area contributed by atoms with Crippen molar-refractivity contribution in [1.82, 2.24) is 9.97 Å². The highest BCUT2D eigenvalue weighted by molar-refractivity contribution is 7.99. The molecule has 1 saturated heterocycles. The number of nitrogens with one attached hydrogen (secondary N) is 3. The van der Waals surface area contributed by atoms with Gasteiger partial charge in [-0.3, -0.25) is 14.6 Å². The molecule has 1 fully saturated rings. The number of quaternary nitrogens is 1. The molecule has 0 radical (unpaired) electrons. The van der Waals surface area contributed by atoms with Gasteiger partial charge in [0.05, 0.1) is 32.5 Å². The van der Waals surface area contributed by atoms with E-state index in [1.807, 2.05) is 0 Å². The molecule has 2 heterocycles. The van der Waals surface area contributed by atoms with Crippen LogP contribution in [0.2, 0.25) is 0 Å². The molecule has 9 heteroatoms. The molecule has 0 saturated carbocycles. The standard InChI is InChI=1S/C18H23N5O3S/c1-26-13-6-4-12(5-7-13)16(24)20-14-15(19)21-18(22-17(14)25)27-11-10-23-8-2-3-9-23/h4-7H,2-3,8-11H2,1H3,(H,20,24)(H3,19,21,22,25)/p+1. The number of likely N-dealkylation sites (tertiary alicyclic amines) is 1. The van der Waals surface area contributed by atoms with E-state index in [4.69, 9.17) is 10.5 Å². The topological polar surface area (TPSA) is 115 Å². The molecule has 1 aliphatic rings. The lowest BCUT2D eigenvalue weighted by atomic mass is 10.2. The van der Waals surface area contributed by atoms with Crippen LogP contribution in [0.15, 0.2) is 34.2 Å². The molecule has 144 valence electrons. The lowest BCUT2D eigenvalue weighted by Crippen LogP contribution is -3.10. The Morgan fingerprint density at radius 3 is 2.67 bits per heavy atom. The number of thioether (sulfide) groups is 1. The van der Waals surface area contributed by atoms with Crippen molar-refractivity contribution in [3.05, 3.63) is 40.2 Å². The van der Waals surface area contributed by atoms with Gasteiger partial charge in [0.1, 0.15) is 11.4 Å². The lowest BCUT2D eigenvalue weighted by molar-refractivity contribution is -0.884. The van der Waals surface area contributed by atoms with E-state index in [9.17, 15) is 9.59 Å². The number of carbonyl (C=O) groups is 1. The van der Waals surface area contributed by atoms with Gasteiger partial charge in [0.15, 0.2) is 11.0 Å². The van der Waals surface area contributed by atoms with Gasteiger partial charge < -0.3 is 20.7 Å². The number of nitrogens with two attached hydrogens (primary N) is 1. The van der Waals surface area contributed by atoms with E-state index in [1.54, 1.807) is 36.3 Å². The molecule has 0 spiro atoms. The number of nitrogen functional groups attached to an aromatic ring is 1. The maximum atomic E-state index is 12.3. The second kappa shape index (κ2) is 8.92. The van der Waals surface area contributed by atoms with Crippen molar-refractivity contribution in [2.24, 2.45) is 0 Å². The fourth-order valence-electron chi connectivity index (χ4n) is 3.00. The Morgan fingerprint density at radius 2 is 2.04 bits per heavy atom. The molecule has 0 aliphatic carbocycles. The maximum Gasteiger partial charge on any atom is 0.277 e. The number of aromatic nitrogens is 2. The van der Waals surface area contributed by atoms with E-state index in [0.717, 1.165) is 12.3 Å². The number of rotatable bonds is 7. The number of aromatic amines is 1. The van der Waals surface area contributed by atoms with Gasteiger partial charge in [-0.25, -0.2) is 4.98 Å². The Balaban J connectivity index is 1.63. The summed E-state index contributed by atoms with van der Waals surface area (Å²) in [6, 6.07) is 6.56. The molecular weight excluding hydrogens is 366 g/mol. The number of methoxy groups -OCH3 is 1. The summed E-state index contributed by atoms with van der Waals surface area (Å²) in [6.07, 6.45) is 2.56. The van der Waals surface area contributed by atoms with Crippen molar-refractivity contribution in [2.75, 3.05) is 43.5 Å². The van der Waals surface area contributed by atoms with Crippen LogP contribution in [0, 0.1) is 0 Å². The number of hydrogen-bond donors (Lipinski definition) is 4. The molecule has 8 nitrogen and oxygen atoms in total. The van der Waals surface area contributed by atoms with Gasteiger partial charge in [0.25, 0.3) is 11.5 Å². The van der Waals surface area contributed by atoms with Gasteiger partial charge in [0, 0.05) is 18.4 Å². The fourth-order valence-corrected chi connectivity index (χ4v) is 3.92. The number of ether oxygens (including phenoxy) is 1. The van der Waals surface area contributed by atoms with Crippen molar-refractivity contribution < 1.29 is 14.4 Å². The Labute approximate surface area is 161 Å². The first-order valence-electron chi connectivity index (χ1n) is 8.88. The van der Waals surface area contributed by atoms with Gasteiger partial charge in [-0.05, 0) is 24.3 Å². The number of anilines is 2. The summed E-state index contributed by atoms with van der Waals surface area (Å²) in [4.78, 5) is 33.1. The van der Waals surface area contributed by atoms with Gasteiger partial charge in [0.2, 0.25) is 0 Å². The van der Waals surface area contributed by atoms with Gasteiger partial charge in [-0.15, -0.1) is 0 Å². The van der Waals surface area contributed by atoms with E-state index in [1.165, 1.54) is 37.7 Å². The molecule has 1 aromatic carbocycles. The smallest absolute Gasteiger partial charge is 0.277 e. The predicted molar refractivity (Wildman–Crippen MR) is 106 cm³/mol. The second-order valence-corrected chi connectivity index (χ2v) is 7.45. The SMILES string of the molecule is COc1ccc(C(=O)Nc2c(N)nc(SCC[NH+]3CCCC3)[nH]c2=O)cc1. The highest BCUT2D eigenvalue weighted by Gasteiger charge is 2.16. The Morgan fingerprint density at radius 1 is 1.33 bits per heavy atom. The third-order valence-corrected chi connectivity index (χ3v) is 5.40. The van der Waals surface area contributed by atoms with Gasteiger partial charge in [-0.2, -0.15) is 0 Å². The van der Waals surface area contributed by atoms with Gasteiger partial charge in [-0.1, -0.05) is 11.8 Å². The third kappa shape index (κ3) is 5.01. The van der Waals surface area contributed by atoms with Crippen LogP contribution < -0.4 is 26.2 Å². The zero-order chi connectivity index (χ0) is 19.2. The van der Waals surface area contributed by atoms with Crippen molar-refractivity contribution in [3.8, 4) is 5.75 Å². The number of nitrogens with zero attached hydrogens (tertiary/aromatic N) is 1. The number of carbonyl (C=O) groups excluding carboxylic acids is 1. The van der Waals surface area contributed by atoms with Crippen molar-refractivity contribution in [2.45, 2.75) is 18.0 Å². The zero-order valence-electron chi connectivity index (χ0n) is 15.2. The van der Waals surface area contributed by atoms with Crippen LogP contribution in [0.3, 0.4) is 0 Å². The summed E-state index contributed by atoms with van der Waals surface area (Å²) < 4.78 is 5.06. The second-order valence-electron chi connectivity index (χ2n) is 6.37. The monoisotopic (exact) mass is 390 g/mol. The van der Waals surface area contributed by atoms with Crippen LogP contribution in [0.5, 0.6) is 5.75 Å². The molecule has 1 amide bonds. The van der Waals surface area contributed by atoms with Crippen molar-refractivity contribution in [3.63, 3.8) is 0 Å². The minimum Gasteiger partial charge on any atom is -0.497 e. The molecule has 27 heavy (non-hydrogen) atoms. The Hall–Kier alpha value is -2.52. The average molecular weight is 390 g/mol. The van der Waals surface area contributed by atoms with Crippen LogP contribution in [-0.4, -0.2) is 48.4 Å². The minimum absolute atomic E-state index is 0.0108. The third-order valence-electron chi connectivity index (χ3n) is 4.52. The van der Waals surface area contributed by atoms with Crippen LogP contribution in [-0.2, 0) is 0 Å². The van der Waals surface area contributed by atoms with Crippen molar-refractivity contribution >= 4 is 29.2 Å². The molecule has 3 rings (SSSR count). The first kappa shape index (κ1) is 19.2. The molecule has 1 aromatic heterocycles. The quantitative estimate of drug-likeness (QED) is 0.402. The van der Waals surface area contributed by atoms with E-state index < -0.39 is 11.5 Å². The molecule has 2 aromatic rings. The van der Waals surface area contributed by atoms with E-state index in [2.05, 4.69) is 15.3 Å². The van der Waals surface area contributed by atoms with Crippen LogP contribution >= 0.6 is 11.8 Å². The molecule has 0 atom stereocenters. The summed E-state index contributed by atoms with van der Waals surface area (Å²) in [5.74, 6) is 1.07. The van der Waals surface area contributed by atoms with Crippen LogP contribution in [0.25, 0.3) is 0 Å². The fraction of sp³-hybridized carbons (Fsp3) is 0.389. The number of H-pyrrole nitrogens is 1. The molecule has 0 unspecified atom stereocenters. The summed E-state index contributed by atoms with van der Waals surface area (Å²) >= 11 is 1.47. The van der Waals surface area contributed by atoms with E-state index >= 15 is 0 Å². The summed E-state index contributed by atoms with van der Waals surface area (Å²) in [7, 11) is 1.55. The largest absolute Gasteiger partial charge is 0.497 e. The highest BCUT2D eigenvalue weighted by atomic mass is 32.2. The number of benzene rings is 1. The Kier molecular flexibility index (Phi) is 6.36. The maximum absolute atomic E-state index is 12.3. The van der Waals surface area contributed by atoms with E-state index in [0.29, 0.717) is 16.5 Å². The van der Waals surface area contributed by atoms with E-state index in [-0.39, 0.29) is 11.5 Å². The zero-order valence-corrected chi connectivity index (χ0v) is 16.0. The number of amides is 1.